The lowest BCUT2D eigenvalue weighted by Crippen LogP contribution is -2.61. The summed E-state index contributed by atoms with van der Waals surface area (Å²) >= 11 is 0. The molecule has 0 aromatic carbocycles. The minimum Gasteiger partial charge on any atom is -0.756 e. The number of nitrogens with zero attached hydrogens (tertiary/aromatic N) is 1. The predicted octanol–water partition coefficient (Wildman–Crippen LogP) is -2.32. The highest BCUT2D eigenvalue weighted by molar-refractivity contribution is 7.60. The van der Waals surface area contributed by atoms with E-state index in [1.807, 2.05) is 0 Å². The Bertz CT molecular complexity index is 964. The first kappa shape index (κ1) is 28.3. The monoisotopic (exact) mass is 544 g/mol. The zero-order valence-corrected chi connectivity index (χ0v) is 20.5. The van der Waals surface area contributed by atoms with Gasteiger partial charge in [0.1, 0.15) is 24.3 Å². The molecule has 0 aromatic heterocycles. The van der Waals surface area contributed by atoms with Crippen LogP contribution in [0.2, 0.25) is 0 Å². The van der Waals surface area contributed by atoms with Crippen LogP contribution < -0.4 is 15.9 Å². The van der Waals surface area contributed by atoms with Gasteiger partial charge in [-0.1, -0.05) is 6.58 Å². The third-order valence-corrected chi connectivity index (χ3v) is 8.08. The molecule has 5 unspecified atom stereocenters. The summed E-state index contributed by atoms with van der Waals surface area (Å²) in [5, 5.41) is 32.4. The predicted molar refractivity (Wildman–Crippen MR) is 112 cm³/mol. The Hall–Kier alpha value is -1.23. The van der Waals surface area contributed by atoms with Crippen LogP contribution in [0.5, 0.6) is 0 Å². The van der Waals surface area contributed by atoms with Crippen molar-refractivity contribution >= 4 is 21.6 Å². The summed E-state index contributed by atoms with van der Waals surface area (Å²) in [5.74, 6) is -0.167. The molecular formula is C17H28N3O13P2-. The molecule has 3 heterocycles. The molecule has 0 saturated carbocycles. The van der Waals surface area contributed by atoms with Crippen LogP contribution in [-0.4, -0.2) is 86.7 Å². The molecular weight excluding hydrogens is 516 g/mol. The van der Waals surface area contributed by atoms with E-state index in [1.165, 1.54) is 18.0 Å². The molecule has 2 saturated heterocycles. The highest BCUT2D eigenvalue weighted by Crippen LogP contribution is 2.59. The SMILES string of the molecule is C=C1NC(=O)C(C)=CN1[C@H]1CC(O)[C@@H](COP(=O)(O)OP(=O)([O-])O[C@@H]2OC(C)[C@H](O)[C@H](N)C2O)O1. The van der Waals surface area contributed by atoms with Gasteiger partial charge in [0.2, 0.25) is 0 Å². The summed E-state index contributed by atoms with van der Waals surface area (Å²) in [6.45, 7) is 5.83. The summed E-state index contributed by atoms with van der Waals surface area (Å²) in [6, 6.07) is -1.32. The first-order valence-corrected chi connectivity index (χ1v) is 13.3. The van der Waals surface area contributed by atoms with Gasteiger partial charge in [-0.3, -0.25) is 18.4 Å². The summed E-state index contributed by atoms with van der Waals surface area (Å²) < 4.78 is 48.2. The number of hydrogen-bond donors (Lipinski definition) is 6. The van der Waals surface area contributed by atoms with E-state index in [9.17, 15) is 39.0 Å². The summed E-state index contributed by atoms with van der Waals surface area (Å²) in [4.78, 5) is 35.1. The highest BCUT2D eigenvalue weighted by atomic mass is 31.3. The zero-order valence-electron chi connectivity index (χ0n) is 18.7. The van der Waals surface area contributed by atoms with Crippen LogP contribution in [0.3, 0.4) is 0 Å². The van der Waals surface area contributed by atoms with E-state index < -0.39 is 71.3 Å². The number of amides is 1. The fraction of sp³-hybridized carbons (Fsp3) is 0.706. The third-order valence-electron chi connectivity index (χ3n) is 5.51. The van der Waals surface area contributed by atoms with Crippen molar-refractivity contribution in [3.63, 3.8) is 0 Å². The van der Waals surface area contributed by atoms with Crippen LogP contribution in [-0.2, 0) is 36.8 Å². The fourth-order valence-electron chi connectivity index (χ4n) is 3.55. The highest BCUT2D eigenvalue weighted by Gasteiger charge is 2.45. The molecule has 16 nitrogen and oxygen atoms in total. The number of carbonyl (C=O) groups excluding carboxylic acids is 1. The Morgan fingerprint density at radius 2 is 1.97 bits per heavy atom. The molecule has 3 aliphatic heterocycles. The zero-order chi connectivity index (χ0) is 26.3. The van der Waals surface area contributed by atoms with Gasteiger partial charge < -0.3 is 50.5 Å². The molecule has 18 heteroatoms. The number of nitrogens with one attached hydrogen (secondary N) is 1. The van der Waals surface area contributed by atoms with Crippen molar-refractivity contribution in [3.05, 3.63) is 24.2 Å². The van der Waals surface area contributed by atoms with Crippen molar-refractivity contribution < 1.29 is 61.9 Å². The van der Waals surface area contributed by atoms with E-state index in [1.54, 1.807) is 6.92 Å². The Balaban J connectivity index is 1.55. The number of ether oxygens (including phenoxy) is 2. The first-order valence-electron chi connectivity index (χ1n) is 10.4. The molecule has 0 bridgehead atoms. The molecule has 0 aliphatic carbocycles. The van der Waals surface area contributed by atoms with E-state index >= 15 is 0 Å². The van der Waals surface area contributed by atoms with Gasteiger partial charge in [0.05, 0.1) is 31.0 Å². The number of phosphoric ester groups is 2. The van der Waals surface area contributed by atoms with Crippen molar-refractivity contribution in [2.24, 2.45) is 5.73 Å². The minimum absolute atomic E-state index is 0.00758. The maximum Gasteiger partial charge on any atom is 0.478 e. The largest absolute Gasteiger partial charge is 0.756 e. The molecule has 3 rings (SSSR count). The van der Waals surface area contributed by atoms with E-state index in [-0.39, 0.29) is 18.1 Å². The second kappa shape index (κ2) is 10.6. The van der Waals surface area contributed by atoms with Gasteiger partial charge in [0, 0.05) is 18.2 Å². The Kier molecular flexibility index (Phi) is 8.61. The average molecular weight is 544 g/mol. The first-order chi connectivity index (χ1) is 16.1. The molecule has 10 atom stereocenters. The Labute approximate surface area is 200 Å². The van der Waals surface area contributed by atoms with Crippen molar-refractivity contribution in [2.75, 3.05) is 6.61 Å². The normalized spacial score (nSPS) is 39.5. The number of aliphatic hydroxyl groups excluding tert-OH is 3. The number of nitrogens with two attached hydrogens (primary N) is 1. The lowest BCUT2D eigenvalue weighted by Gasteiger charge is -2.41. The quantitative estimate of drug-likeness (QED) is 0.176. The van der Waals surface area contributed by atoms with Crippen LogP contribution in [0, 0.1) is 0 Å². The topological polar surface area (TPSA) is 243 Å². The maximum atomic E-state index is 12.2. The van der Waals surface area contributed by atoms with E-state index in [0.29, 0.717) is 5.57 Å². The van der Waals surface area contributed by atoms with Crippen LogP contribution in [0.4, 0.5) is 0 Å². The van der Waals surface area contributed by atoms with E-state index in [4.69, 9.17) is 15.2 Å². The van der Waals surface area contributed by atoms with E-state index in [0.717, 1.165) is 0 Å². The van der Waals surface area contributed by atoms with Crippen LogP contribution >= 0.6 is 15.6 Å². The van der Waals surface area contributed by atoms with Crippen molar-refractivity contribution in [2.45, 2.75) is 69.3 Å². The number of phosphoric acid groups is 2. The van der Waals surface area contributed by atoms with Crippen molar-refractivity contribution in [1.29, 1.82) is 0 Å². The maximum absolute atomic E-state index is 12.2. The third kappa shape index (κ3) is 6.76. The molecule has 3 aliphatic rings. The molecule has 2 fully saturated rings. The standard InChI is InChI=1S/C17H29N3O13P2/c1-7-5-20(9(3)19-16(7)24)12-4-10(21)11(31-12)6-29-34(25,26)33-35(27,28)32-17-15(23)13(18)14(22)8(2)30-17/h5,8,10-15,17,21-23H,3-4,6,18H2,1-2H3,(H,19,24)(H,25,26)(H,27,28)/p-1/t8?,10?,11-,12-,13+,14+,15?,17+/m1/s1. The summed E-state index contributed by atoms with van der Waals surface area (Å²) in [5.41, 5.74) is 5.93. The molecule has 35 heavy (non-hydrogen) atoms. The Morgan fingerprint density at radius 1 is 1.31 bits per heavy atom. The average Bonchev–Trinajstić information content (AvgIpc) is 3.11. The lowest BCUT2D eigenvalue weighted by atomic mass is 9.98. The second-order valence-electron chi connectivity index (χ2n) is 8.22. The number of aliphatic hydroxyl groups is 3. The van der Waals surface area contributed by atoms with Crippen LogP contribution in [0.1, 0.15) is 20.3 Å². The number of carbonyl (C=O) groups is 1. The molecule has 0 radical (unpaired) electrons. The van der Waals surface area contributed by atoms with Gasteiger partial charge in [-0.15, -0.1) is 0 Å². The lowest BCUT2D eigenvalue weighted by molar-refractivity contribution is -0.278. The Morgan fingerprint density at radius 3 is 2.63 bits per heavy atom. The molecule has 7 N–H and O–H groups in total. The minimum atomic E-state index is -5.61. The van der Waals surface area contributed by atoms with Gasteiger partial charge in [-0.2, -0.15) is 0 Å². The molecule has 0 spiro atoms. The smallest absolute Gasteiger partial charge is 0.478 e. The molecule has 1 amide bonds. The fourth-order valence-corrected chi connectivity index (χ4v) is 5.67. The summed E-state index contributed by atoms with van der Waals surface area (Å²) in [7, 11) is -10.9. The van der Waals surface area contributed by atoms with Gasteiger partial charge in [0.25, 0.3) is 13.7 Å². The van der Waals surface area contributed by atoms with Crippen LogP contribution in [0.15, 0.2) is 24.2 Å². The van der Waals surface area contributed by atoms with Crippen molar-refractivity contribution in [1.82, 2.24) is 10.2 Å². The van der Waals surface area contributed by atoms with Gasteiger partial charge >= 0.3 is 7.82 Å². The van der Waals surface area contributed by atoms with Crippen LogP contribution in [0.25, 0.3) is 0 Å². The number of hydrogen-bond acceptors (Lipinski definition) is 14. The molecule has 0 aromatic rings. The van der Waals surface area contributed by atoms with Gasteiger partial charge in [0.15, 0.2) is 6.29 Å². The molecule has 200 valence electrons. The summed E-state index contributed by atoms with van der Waals surface area (Å²) in [6.07, 6.45) is -7.74. The van der Waals surface area contributed by atoms with Gasteiger partial charge in [-0.25, -0.2) is 8.88 Å². The number of rotatable bonds is 8. The van der Waals surface area contributed by atoms with E-state index in [2.05, 4.69) is 25.3 Å². The second-order valence-corrected chi connectivity index (χ2v) is 11.2. The van der Waals surface area contributed by atoms with Crippen molar-refractivity contribution in [3.8, 4) is 0 Å². The van der Waals surface area contributed by atoms with Gasteiger partial charge in [-0.05, 0) is 13.8 Å².